The van der Waals surface area contributed by atoms with E-state index in [1.54, 1.807) is 38.4 Å². The van der Waals surface area contributed by atoms with E-state index in [0.717, 1.165) is 0 Å². The van der Waals surface area contributed by atoms with Crippen LogP contribution in [-0.2, 0) is 18.9 Å². The second-order valence-corrected chi connectivity index (χ2v) is 7.26. The summed E-state index contributed by atoms with van der Waals surface area (Å²) < 4.78 is 20.8. The Labute approximate surface area is 189 Å². The number of carbonyl (C=O) groups excluding carboxylic acids is 2. The molecular weight excluding hydrogens is 412 g/mol. The van der Waals surface area contributed by atoms with E-state index >= 15 is 0 Å². The Morgan fingerprint density at radius 1 is 0.656 bits per heavy atom. The topological polar surface area (TPSA) is 77.5 Å². The third kappa shape index (κ3) is 6.14. The average molecular weight is 445 g/mol. The van der Waals surface area contributed by atoms with Crippen LogP contribution in [0.3, 0.4) is 0 Å². The van der Waals surface area contributed by atoms with Gasteiger partial charge >= 0.3 is 0 Å². The van der Waals surface area contributed by atoms with Gasteiger partial charge in [0.15, 0.2) is 12.6 Å². The van der Waals surface area contributed by atoms with Gasteiger partial charge in [0.25, 0.3) is 11.8 Å². The van der Waals surface area contributed by atoms with Crippen LogP contribution in [0.15, 0.2) is 48.5 Å². The lowest BCUT2D eigenvalue weighted by atomic mass is 9.94. The van der Waals surface area contributed by atoms with E-state index in [1.807, 2.05) is 24.3 Å². The first-order valence-electron chi connectivity index (χ1n) is 10.2. The highest BCUT2D eigenvalue weighted by Gasteiger charge is 2.24. The molecule has 0 aliphatic rings. The molecule has 2 aromatic carbocycles. The highest BCUT2D eigenvalue weighted by atomic mass is 16.7. The molecule has 0 bridgehead atoms. The van der Waals surface area contributed by atoms with Gasteiger partial charge in [0.1, 0.15) is 0 Å². The van der Waals surface area contributed by atoms with Crippen LogP contribution in [0.5, 0.6) is 0 Å². The zero-order chi connectivity index (χ0) is 23.7. The predicted molar refractivity (Wildman–Crippen MR) is 121 cm³/mol. The maximum absolute atomic E-state index is 13.2. The minimum absolute atomic E-state index is 0.200. The molecule has 2 rings (SSSR count). The summed E-state index contributed by atoms with van der Waals surface area (Å²) >= 11 is 0. The van der Waals surface area contributed by atoms with Gasteiger partial charge in [-0.05, 0) is 23.3 Å². The molecule has 0 heterocycles. The lowest BCUT2D eigenvalue weighted by Gasteiger charge is -2.25. The average Bonchev–Trinajstić information content (AvgIpc) is 2.84. The molecule has 0 N–H and O–H groups in total. The number of benzene rings is 2. The summed E-state index contributed by atoms with van der Waals surface area (Å²) in [6.45, 7) is 0.526. The zero-order valence-corrected chi connectivity index (χ0v) is 19.5. The van der Waals surface area contributed by atoms with Gasteiger partial charge < -0.3 is 28.7 Å². The number of hydrogen-bond donors (Lipinski definition) is 0. The van der Waals surface area contributed by atoms with Crippen LogP contribution < -0.4 is 0 Å². The molecule has 0 radical (unpaired) electrons. The maximum Gasteiger partial charge on any atom is 0.254 e. The van der Waals surface area contributed by atoms with E-state index in [0.29, 0.717) is 22.3 Å². The fourth-order valence-corrected chi connectivity index (χ4v) is 3.32. The lowest BCUT2D eigenvalue weighted by Crippen LogP contribution is -2.37. The largest absolute Gasteiger partial charge is 0.354 e. The van der Waals surface area contributed by atoms with E-state index in [9.17, 15) is 9.59 Å². The van der Waals surface area contributed by atoms with Crippen molar-refractivity contribution in [2.45, 2.75) is 12.6 Å². The van der Waals surface area contributed by atoms with Crippen molar-refractivity contribution < 1.29 is 28.5 Å². The molecule has 174 valence electrons. The summed E-state index contributed by atoms with van der Waals surface area (Å²) in [6, 6.07) is 14.5. The van der Waals surface area contributed by atoms with Crippen molar-refractivity contribution in [3.8, 4) is 11.1 Å². The number of rotatable bonds is 11. The van der Waals surface area contributed by atoms with Gasteiger partial charge in [0.2, 0.25) is 0 Å². The first kappa shape index (κ1) is 25.5. The van der Waals surface area contributed by atoms with Crippen molar-refractivity contribution in [2.75, 3.05) is 55.6 Å². The molecule has 0 aliphatic heterocycles. The van der Waals surface area contributed by atoms with E-state index in [1.165, 1.54) is 38.2 Å². The Bertz CT molecular complexity index is 822. The molecule has 0 unspecified atom stereocenters. The van der Waals surface area contributed by atoms with Crippen LogP contribution in [-0.4, -0.2) is 89.8 Å². The summed E-state index contributed by atoms with van der Waals surface area (Å²) in [6.07, 6.45) is -1.07. The van der Waals surface area contributed by atoms with Crippen LogP contribution >= 0.6 is 0 Å². The normalized spacial score (nSPS) is 11.1. The monoisotopic (exact) mass is 444 g/mol. The minimum Gasteiger partial charge on any atom is -0.354 e. The number of methoxy groups -OCH3 is 4. The van der Waals surface area contributed by atoms with Crippen LogP contribution in [0, 0.1) is 0 Å². The molecule has 0 aromatic heterocycles. The molecule has 2 amide bonds. The fraction of sp³-hybridized carbons (Fsp3) is 0.417. The molecule has 2 aromatic rings. The lowest BCUT2D eigenvalue weighted by molar-refractivity contribution is -0.110. The maximum atomic E-state index is 13.2. The molecule has 32 heavy (non-hydrogen) atoms. The van der Waals surface area contributed by atoms with E-state index in [-0.39, 0.29) is 24.9 Å². The van der Waals surface area contributed by atoms with Crippen molar-refractivity contribution in [1.29, 1.82) is 0 Å². The van der Waals surface area contributed by atoms with Crippen molar-refractivity contribution in [2.24, 2.45) is 0 Å². The number of hydrogen-bond acceptors (Lipinski definition) is 6. The van der Waals surface area contributed by atoms with Crippen molar-refractivity contribution in [3.05, 3.63) is 59.7 Å². The number of ether oxygens (including phenoxy) is 4. The number of likely N-dealkylation sites (N-methyl/N-ethyl adjacent to an activating group) is 2. The predicted octanol–water partition coefficient (Wildman–Crippen LogP) is 2.74. The summed E-state index contributed by atoms with van der Waals surface area (Å²) in [4.78, 5) is 29.5. The fourth-order valence-electron chi connectivity index (χ4n) is 3.32. The quantitative estimate of drug-likeness (QED) is 0.496. The first-order valence-corrected chi connectivity index (χ1v) is 10.2. The zero-order valence-electron chi connectivity index (χ0n) is 19.5. The Kier molecular flexibility index (Phi) is 9.80. The van der Waals surface area contributed by atoms with Gasteiger partial charge in [-0.3, -0.25) is 9.59 Å². The standard InChI is InChI=1S/C24H32N2O6/c1-25(15-21(29-3)30-4)23(27)19-13-9-7-11-17(19)18-12-8-10-14-20(18)24(28)26(2)16-22(31-5)32-6/h7-14,21-22H,15-16H2,1-6H3. The summed E-state index contributed by atoms with van der Waals surface area (Å²) in [7, 11) is 9.47. The molecule has 0 spiro atoms. The van der Waals surface area contributed by atoms with Crippen molar-refractivity contribution in [3.63, 3.8) is 0 Å². The molecule has 0 fully saturated rings. The second kappa shape index (κ2) is 12.3. The number of carbonyl (C=O) groups is 2. The highest BCUT2D eigenvalue weighted by Crippen LogP contribution is 2.29. The number of amides is 2. The third-order valence-electron chi connectivity index (χ3n) is 5.20. The van der Waals surface area contributed by atoms with Crippen molar-refractivity contribution >= 4 is 11.8 Å². The Hall–Kier alpha value is -2.78. The SMILES string of the molecule is COC(CN(C)C(=O)c1ccccc1-c1ccccc1C(=O)N(C)CC(OC)OC)OC. The summed E-state index contributed by atoms with van der Waals surface area (Å²) in [5, 5.41) is 0. The second-order valence-electron chi connectivity index (χ2n) is 7.26. The molecular formula is C24H32N2O6. The van der Waals surface area contributed by atoms with Gasteiger partial charge in [0, 0.05) is 53.7 Å². The smallest absolute Gasteiger partial charge is 0.254 e. The van der Waals surface area contributed by atoms with Gasteiger partial charge in [-0.2, -0.15) is 0 Å². The highest BCUT2D eigenvalue weighted by molar-refractivity contribution is 6.06. The Morgan fingerprint density at radius 2 is 0.969 bits per heavy atom. The van der Waals surface area contributed by atoms with E-state index < -0.39 is 12.6 Å². The van der Waals surface area contributed by atoms with Crippen LogP contribution in [0.2, 0.25) is 0 Å². The van der Waals surface area contributed by atoms with Gasteiger partial charge in [-0.25, -0.2) is 0 Å². The van der Waals surface area contributed by atoms with Crippen LogP contribution in [0.4, 0.5) is 0 Å². The number of nitrogens with zero attached hydrogens (tertiary/aromatic N) is 2. The van der Waals surface area contributed by atoms with Crippen LogP contribution in [0.1, 0.15) is 20.7 Å². The van der Waals surface area contributed by atoms with Gasteiger partial charge in [0.05, 0.1) is 13.1 Å². The van der Waals surface area contributed by atoms with E-state index in [4.69, 9.17) is 18.9 Å². The molecule has 8 nitrogen and oxygen atoms in total. The Balaban J connectivity index is 2.40. The summed E-state index contributed by atoms with van der Waals surface area (Å²) in [5.41, 5.74) is 2.30. The molecule has 0 saturated heterocycles. The molecule has 0 atom stereocenters. The van der Waals surface area contributed by atoms with Crippen LogP contribution in [0.25, 0.3) is 11.1 Å². The summed E-state index contributed by atoms with van der Waals surface area (Å²) in [5.74, 6) is -0.400. The minimum atomic E-state index is -0.534. The van der Waals surface area contributed by atoms with E-state index in [2.05, 4.69) is 0 Å². The Morgan fingerprint density at radius 3 is 1.28 bits per heavy atom. The van der Waals surface area contributed by atoms with Gasteiger partial charge in [-0.15, -0.1) is 0 Å². The van der Waals surface area contributed by atoms with Gasteiger partial charge in [-0.1, -0.05) is 36.4 Å². The molecule has 8 heteroatoms. The first-order chi connectivity index (χ1) is 15.4. The molecule has 0 saturated carbocycles. The van der Waals surface area contributed by atoms with Crippen molar-refractivity contribution in [1.82, 2.24) is 9.80 Å². The third-order valence-corrected chi connectivity index (χ3v) is 5.20. The molecule has 0 aliphatic carbocycles.